The minimum atomic E-state index is -1.77. The molecule has 3 aromatic rings. The number of carbonyl (C=O) groups is 2. The molecule has 1 heterocycles. The van der Waals surface area contributed by atoms with Gasteiger partial charge < -0.3 is 26.2 Å². The number of hydrogen-bond acceptors (Lipinski definition) is 7. The van der Waals surface area contributed by atoms with Crippen molar-refractivity contribution in [2.75, 3.05) is 31.3 Å². The van der Waals surface area contributed by atoms with Gasteiger partial charge in [0.2, 0.25) is 0 Å². The molecule has 0 saturated carbocycles. The highest BCUT2D eigenvalue weighted by atomic mass is 19.1. The molecule has 34 heavy (non-hydrogen) atoms. The summed E-state index contributed by atoms with van der Waals surface area (Å²) < 4.78 is 31.7. The summed E-state index contributed by atoms with van der Waals surface area (Å²) in [5.41, 5.74) is 7.58. The number of carbonyl (C=O) groups excluding carboxylic acids is 2. The SMILES string of the molecule is COCCNC(=O)c1nc(-c2ccc(NC(=O)[C@H](O)c3cc(F)cc(F)c3)cc2C)cnc1N. The molecule has 1 atom stereocenters. The van der Waals surface area contributed by atoms with Crippen LogP contribution in [0, 0.1) is 18.6 Å². The Kier molecular flexibility index (Phi) is 7.82. The molecule has 2 aromatic carbocycles. The predicted molar refractivity (Wildman–Crippen MR) is 121 cm³/mol. The van der Waals surface area contributed by atoms with Crippen LogP contribution >= 0.6 is 0 Å². The first kappa shape index (κ1) is 24.7. The van der Waals surface area contributed by atoms with Crippen molar-refractivity contribution in [2.24, 2.45) is 0 Å². The van der Waals surface area contributed by atoms with Crippen molar-refractivity contribution in [2.45, 2.75) is 13.0 Å². The van der Waals surface area contributed by atoms with E-state index in [1.807, 2.05) is 0 Å². The summed E-state index contributed by atoms with van der Waals surface area (Å²) in [5.74, 6) is -3.19. The van der Waals surface area contributed by atoms with Crippen molar-refractivity contribution in [3.8, 4) is 11.3 Å². The first-order valence-electron chi connectivity index (χ1n) is 10.1. The zero-order valence-electron chi connectivity index (χ0n) is 18.4. The fraction of sp³-hybridized carbons (Fsp3) is 0.217. The van der Waals surface area contributed by atoms with Crippen LogP contribution in [0.25, 0.3) is 11.3 Å². The molecular weight excluding hydrogens is 448 g/mol. The number of nitrogen functional groups attached to an aromatic ring is 1. The molecule has 0 unspecified atom stereocenters. The zero-order chi connectivity index (χ0) is 24.8. The lowest BCUT2D eigenvalue weighted by Gasteiger charge is -2.14. The molecule has 0 aliphatic rings. The van der Waals surface area contributed by atoms with Crippen LogP contribution < -0.4 is 16.4 Å². The summed E-state index contributed by atoms with van der Waals surface area (Å²) in [4.78, 5) is 33.1. The summed E-state index contributed by atoms with van der Waals surface area (Å²) in [7, 11) is 1.51. The molecule has 0 aliphatic carbocycles. The van der Waals surface area contributed by atoms with Crippen LogP contribution in [-0.2, 0) is 9.53 Å². The standard InChI is InChI=1S/C23H23F2N5O4/c1-12-7-16(29-23(33)20(31)13-8-14(24)10-15(25)9-13)3-4-17(12)18-11-28-21(26)19(30-18)22(32)27-5-6-34-2/h3-4,7-11,20,31H,5-6H2,1-2H3,(H2,26,28)(H,27,32)(H,29,33)/t20-/m1/s1. The molecule has 0 saturated heterocycles. The highest BCUT2D eigenvalue weighted by molar-refractivity contribution is 5.97. The molecule has 2 amide bonds. The Morgan fingerprint density at radius 3 is 2.53 bits per heavy atom. The van der Waals surface area contributed by atoms with E-state index in [1.165, 1.54) is 13.3 Å². The van der Waals surface area contributed by atoms with Gasteiger partial charge in [-0.25, -0.2) is 18.7 Å². The van der Waals surface area contributed by atoms with E-state index in [4.69, 9.17) is 10.5 Å². The maximum atomic E-state index is 13.4. The van der Waals surface area contributed by atoms with Crippen molar-refractivity contribution >= 4 is 23.3 Å². The Bertz CT molecular complexity index is 1200. The number of hydrogen-bond donors (Lipinski definition) is 4. The van der Waals surface area contributed by atoms with Gasteiger partial charge in [-0.05, 0) is 42.3 Å². The Morgan fingerprint density at radius 1 is 1.18 bits per heavy atom. The van der Waals surface area contributed by atoms with E-state index in [0.717, 1.165) is 12.1 Å². The lowest BCUT2D eigenvalue weighted by Crippen LogP contribution is -2.29. The second-order valence-electron chi connectivity index (χ2n) is 7.36. The van der Waals surface area contributed by atoms with Gasteiger partial charge in [-0.1, -0.05) is 6.07 Å². The van der Waals surface area contributed by atoms with Crippen molar-refractivity contribution in [1.29, 1.82) is 0 Å². The van der Waals surface area contributed by atoms with Crippen LogP contribution in [0.5, 0.6) is 0 Å². The second kappa shape index (κ2) is 10.8. The van der Waals surface area contributed by atoms with Crippen LogP contribution in [0.4, 0.5) is 20.3 Å². The third-order valence-electron chi connectivity index (χ3n) is 4.83. The number of aromatic nitrogens is 2. The molecule has 9 nitrogen and oxygen atoms in total. The number of benzene rings is 2. The number of nitrogens with zero attached hydrogens (tertiary/aromatic N) is 2. The van der Waals surface area contributed by atoms with Gasteiger partial charge in [-0.15, -0.1) is 0 Å². The van der Waals surface area contributed by atoms with Gasteiger partial charge in [0.15, 0.2) is 17.6 Å². The summed E-state index contributed by atoms with van der Waals surface area (Å²) >= 11 is 0. The monoisotopic (exact) mass is 471 g/mol. The third-order valence-corrected chi connectivity index (χ3v) is 4.83. The maximum Gasteiger partial charge on any atom is 0.273 e. The van der Waals surface area contributed by atoms with Gasteiger partial charge in [0.25, 0.3) is 11.8 Å². The largest absolute Gasteiger partial charge is 0.383 e. The average Bonchev–Trinajstić information content (AvgIpc) is 2.78. The van der Waals surface area contributed by atoms with E-state index in [2.05, 4.69) is 20.6 Å². The number of rotatable bonds is 8. The van der Waals surface area contributed by atoms with E-state index < -0.39 is 29.6 Å². The Labute approximate surface area is 194 Å². The topological polar surface area (TPSA) is 139 Å². The van der Waals surface area contributed by atoms with Crippen LogP contribution in [0.2, 0.25) is 0 Å². The summed E-state index contributed by atoms with van der Waals surface area (Å²) in [6, 6.07) is 7.21. The quantitative estimate of drug-likeness (QED) is 0.370. The van der Waals surface area contributed by atoms with E-state index in [1.54, 1.807) is 25.1 Å². The molecule has 0 bridgehead atoms. The average molecular weight is 471 g/mol. The highest BCUT2D eigenvalue weighted by Crippen LogP contribution is 2.26. The Morgan fingerprint density at radius 2 is 1.88 bits per heavy atom. The molecule has 5 N–H and O–H groups in total. The van der Waals surface area contributed by atoms with Crippen molar-refractivity contribution in [1.82, 2.24) is 15.3 Å². The maximum absolute atomic E-state index is 13.4. The number of aliphatic hydroxyl groups is 1. The highest BCUT2D eigenvalue weighted by Gasteiger charge is 2.20. The van der Waals surface area contributed by atoms with Gasteiger partial charge in [-0.2, -0.15) is 0 Å². The Balaban J connectivity index is 1.78. The van der Waals surface area contributed by atoms with E-state index in [-0.39, 0.29) is 23.6 Å². The predicted octanol–water partition coefficient (Wildman–Crippen LogP) is 2.36. The summed E-state index contributed by atoms with van der Waals surface area (Å²) in [5, 5.41) is 15.3. The van der Waals surface area contributed by atoms with Gasteiger partial charge >= 0.3 is 0 Å². The minimum absolute atomic E-state index is 0.0250. The number of anilines is 2. The molecular formula is C23H23F2N5O4. The van der Waals surface area contributed by atoms with Crippen LogP contribution in [0.15, 0.2) is 42.6 Å². The summed E-state index contributed by atoms with van der Waals surface area (Å²) in [6.45, 7) is 2.36. The number of methoxy groups -OCH3 is 1. The van der Waals surface area contributed by atoms with Gasteiger partial charge in [0.1, 0.15) is 11.6 Å². The van der Waals surface area contributed by atoms with Gasteiger partial charge in [0, 0.05) is 31.0 Å². The van der Waals surface area contributed by atoms with Crippen LogP contribution in [0.3, 0.4) is 0 Å². The molecule has 11 heteroatoms. The lowest BCUT2D eigenvalue weighted by molar-refractivity contribution is -0.124. The molecule has 178 valence electrons. The van der Waals surface area contributed by atoms with Crippen molar-refractivity contribution in [3.63, 3.8) is 0 Å². The molecule has 0 radical (unpaired) electrons. The zero-order valence-corrected chi connectivity index (χ0v) is 18.4. The molecule has 3 rings (SSSR count). The number of aliphatic hydroxyl groups excluding tert-OH is 1. The summed E-state index contributed by atoms with van der Waals surface area (Å²) in [6.07, 6.45) is -0.350. The first-order valence-corrected chi connectivity index (χ1v) is 10.1. The lowest BCUT2D eigenvalue weighted by atomic mass is 10.0. The Hall–Kier alpha value is -3.96. The fourth-order valence-corrected chi connectivity index (χ4v) is 3.17. The third kappa shape index (κ3) is 5.88. The number of amides is 2. The molecule has 0 aliphatic heterocycles. The van der Waals surface area contributed by atoms with Crippen LogP contribution in [0.1, 0.15) is 27.7 Å². The fourth-order valence-electron chi connectivity index (χ4n) is 3.17. The number of halogens is 2. The number of nitrogens with one attached hydrogen (secondary N) is 2. The smallest absolute Gasteiger partial charge is 0.273 e. The van der Waals surface area contributed by atoms with E-state index in [0.29, 0.717) is 35.2 Å². The first-order chi connectivity index (χ1) is 16.2. The van der Waals surface area contributed by atoms with E-state index >= 15 is 0 Å². The second-order valence-corrected chi connectivity index (χ2v) is 7.36. The molecule has 1 aromatic heterocycles. The molecule has 0 fully saturated rings. The van der Waals surface area contributed by atoms with Gasteiger partial charge in [-0.3, -0.25) is 9.59 Å². The molecule has 0 spiro atoms. The van der Waals surface area contributed by atoms with Crippen LogP contribution in [-0.4, -0.2) is 47.2 Å². The van der Waals surface area contributed by atoms with E-state index in [9.17, 15) is 23.5 Å². The normalized spacial score (nSPS) is 11.7. The van der Waals surface area contributed by atoms with Crippen molar-refractivity contribution < 1.29 is 28.2 Å². The van der Waals surface area contributed by atoms with Crippen molar-refractivity contribution in [3.05, 3.63) is 71.1 Å². The number of nitrogens with two attached hydrogens (primary N) is 1. The number of aryl methyl sites for hydroxylation is 1. The van der Waals surface area contributed by atoms with Gasteiger partial charge in [0.05, 0.1) is 18.5 Å². The minimum Gasteiger partial charge on any atom is -0.383 e. The number of ether oxygens (including phenoxy) is 1.